The van der Waals surface area contributed by atoms with Crippen LogP contribution >= 0.6 is 0 Å². The van der Waals surface area contributed by atoms with Crippen molar-refractivity contribution in [2.75, 3.05) is 6.61 Å². The zero-order valence-corrected chi connectivity index (χ0v) is 11.9. The molecule has 4 bridgehead atoms. The van der Waals surface area contributed by atoms with E-state index in [4.69, 9.17) is 5.11 Å². The highest BCUT2D eigenvalue weighted by atomic mass is 16.4. The second kappa shape index (κ2) is 4.31. The summed E-state index contributed by atoms with van der Waals surface area (Å²) in [4.78, 5) is 10.9. The van der Waals surface area contributed by atoms with Crippen molar-refractivity contribution >= 4 is 5.97 Å². The van der Waals surface area contributed by atoms with Crippen LogP contribution in [0.5, 0.6) is 0 Å². The average Bonchev–Trinajstić information content (AvgIpc) is 2.33. The third kappa shape index (κ3) is 2.19. The highest BCUT2D eigenvalue weighted by molar-refractivity contribution is 5.85. The van der Waals surface area contributed by atoms with Gasteiger partial charge in [0.25, 0.3) is 0 Å². The lowest BCUT2D eigenvalue weighted by Crippen LogP contribution is -2.61. The first kappa shape index (κ1) is 14.1. The Balaban J connectivity index is 1.79. The molecule has 4 atom stereocenters. The first-order valence-electron chi connectivity index (χ1n) is 7.54. The fourth-order valence-corrected chi connectivity index (χ4v) is 5.77. The number of carbonyl (C=O) groups is 1. The minimum Gasteiger partial charge on any atom is -0.478 e. The molecule has 0 saturated heterocycles. The lowest BCUT2D eigenvalue weighted by atomic mass is 9.42. The van der Waals surface area contributed by atoms with Gasteiger partial charge >= 0.3 is 5.97 Å². The van der Waals surface area contributed by atoms with Crippen molar-refractivity contribution < 1.29 is 20.1 Å². The molecular weight excluding hydrogens is 256 g/mol. The molecule has 4 unspecified atom stereocenters. The maximum Gasteiger partial charge on any atom is 0.330 e. The molecule has 0 aromatic rings. The van der Waals surface area contributed by atoms with E-state index in [1.54, 1.807) is 0 Å². The van der Waals surface area contributed by atoms with Crippen LogP contribution in [0.2, 0.25) is 0 Å². The monoisotopic (exact) mass is 280 g/mol. The third-order valence-corrected chi connectivity index (χ3v) is 5.87. The summed E-state index contributed by atoms with van der Waals surface area (Å²) in [6.45, 7) is 3.76. The Kier molecular flexibility index (Phi) is 3.04. The van der Waals surface area contributed by atoms with Crippen molar-refractivity contribution in [2.24, 2.45) is 16.7 Å². The van der Waals surface area contributed by atoms with E-state index in [9.17, 15) is 15.0 Å². The molecule has 4 aliphatic rings. The molecule has 4 rings (SSSR count). The molecule has 0 spiro atoms. The van der Waals surface area contributed by atoms with E-state index in [2.05, 4.69) is 6.58 Å². The molecule has 0 aromatic carbocycles. The molecule has 4 fully saturated rings. The predicted octanol–water partition coefficient (Wildman–Crippen LogP) is 2.10. The van der Waals surface area contributed by atoms with Crippen LogP contribution in [0.15, 0.2) is 12.2 Å². The second-order valence-corrected chi connectivity index (χ2v) is 7.80. The molecule has 0 amide bonds. The van der Waals surface area contributed by atoms with Gasteiger partial charge < -0.3 is 15.3 Å². The third-order valence-electron chi connectivity index (χ3n) is 5.87. The first-order chi connectivity index (χ1) is 9.29. The zero-order chi connectivity index (χ0) is 14.6. The van der Waals surface area contributed by atoms with Crippen LogP contribution in [0.25, 0.3) is 0 Å². The van der Waals surface area contributed by atoms with Gasteiger partial charge in [0.1, 0.15) is 0 Å². The van der Waals surface area contributed by atoms with Gasteiger partial charge in [-0.1, -0.05) is 6.58 Å². The Labute approximate surface area is 119 Å². The van der Waals surface area contributed by atoms with E-state index >= 15 is 0 Å². The minimum absolute atomic E-state index is 0.00921. The average molecular weight is 280 g/mol. The fraction of sp³-hybridized carbons (Fsp3) is 0.812. The molecule has 4 aliphatic carbocycles. The van der Waals surface area contributed by atoms with Gasteiger partial charge in [-0.05, 0) is 68.1 Å². The maximum absolute atomic E-state index is 10.9. The summed E-state index contributed by atoms with van der Waals surface area (Å²) in [7, 11) is 0. The van der Waals surface area contributed by atoms with Gasteiger partial charge in [0.15, 0.2) is 0 Å². The van der Waals surface area contributed by atoms with Crippen LogP contribution < -0.4 is 0 Å². The summed E-state index contributed by atoms with van der Waals surface area (Å²) in [5.41, 5.74) is -0.494. The Morgan fingerprint density at radius 3 is 2.40 bits per heavy atom. The largest absolute Gasteiger partial charge is 0.478 e. The molecule has 0 radical (unpaired) electrons. The summed E-state index contributed by atoms with van der Waals surface area (Å²) in [5.74, 6) is -0.438. The predicted molar refractivity (Wildman–Crippen MR) is 74.1 cm³/mol. The molecule has 20 heavy (non-hydrogen) atoms. The number of aliphatic carboxylic acids is 1. The number of carboxylic acids is 1. The van der Waals surface area contributed by atoms with E-state index in [0.717, 1.165) is 38.5 Å². The van der Waals surface area contributed by atoms with Crippen molar-refractivity contribution in [3.05, 3.63) is 12.2 Å². The van der Waals surface area contributed by atoms with Crippen LogP contribution in [0.1, 0.15) is 51.4 Å². The molecule has 4 nitrogen and oxygen atoms in total. The van der Waals surface area contributed by atoms with Crippen LogP contribution in [-0.2, 0) is 4.79 Å². The highest BCUT2D eigenvalue weighted by Gasteiger charge is 2.62. The van der Waals surface area contributed by atoms with Crippen LogP contribution in [-0.4, -0.2) is 33.5 Å². The smallest absolute Gasteiger partial charge is 0.330 e. The molecule has 3 N–H and O–H groups in total. The number of aliphatic hydroxyl groups excluding tert-OH is 1. The lowest BCUT2D eigenvalue weighted by molar-refractivity contribution is -0.211. The second-order valence-electron chi connectivity index (χ2n) is 7.80. The zero-order valence-electron chi connectivity index (χ0n) is 11.9. The van der Waals surface area contributed by atoms with Crippen LogP contribution in [0.3, 0.4) is 0 Å². The highest BCUT2D eigenvalue weighted by Crippen LogP contribution is 2.67. The number of rotatable bonds is 5. The van der Waals surface area contributed by atoms with Crippen molar-refractivity contribution in [3.63, 3.8) is 0 Å². The number of hydrogen-bond donors (Lipinski definition) is 3. The van der Waals surface area contributed by atoms with Crippen molar-refractivity contribution in [1.29, 1.82) is 0 Å². The summed E-state index contributed by atoms with van der Waals surface area (Å²) in [6.07, 6.45) is 6.63. The summed E-state index contributed by atoms with van der Waals surface area (Å²) >= 11 is 0. The Bertz CT molecular complexity index is 459. The standard InChI is InChI=1S/C16H24O4/c1-11(13(18)19)2-3-14-4-12-5-15(7-14,10-17)9-16(20,6-12)8-14/h12,17,20H,1-10H2,(H,18,19). The molecule has 0 aliphatic heterocycles. The van der Waals surface area contributed by atoms with E-state index < -0.39 is 11.6 Å². The molecule has 4 heteroatoms. The quantitative estimate of drug-likeness (QED) is 0.674. The maximum atomic E-state index is 10.9. The Morgan fingerprint density at radius 2 is 1.80 bits per heavy atom. The minimum atomic E-state index is -0.926. The molecule has 0 aromatic heterocycles. The van der Waals surface area contributed by atoms with Crippen LogP contribution in [0, 0.1) is 16.7 Å². The molecule has 0 heterocycles. The number of carboxylic acid groups (broad SMARTS) is 1. The van der Waals surface area contributed by atoms with Gasteiger partial charge in [-0.2, -0.15) is 0 Å². The molecular formula is C16H24O4. The van der Waals surface area contributed by atoms with Gasteiger partial charge in [-0.15, -0.1) is 0 Å². The van der Waals surface area contributed by atoms with Gasteiger partial charge in [0.05, 0.1) is 5.60 Å². The fourth-order valence-electron chi connectivity index (χ4n) is 5.77. The summed E-state index contributed by atoms with van der Waals surface area (Å²) < 4.78 is 0. The van der Waals surface area contributed by atoms with E-state index in [0.29, 0.717) is 18.8 Å². The molecule has 4 saturated carbocycles. The lowest BCUT2D eigenvalue weighted by Gasteiger charge is -2.65. The van der Waals surface area contributed by atoms with E-state index in [-0.39, 0.29) is 23.0 Å². The van der Waals surface area contributed by atoms with Crippen molar-refractivity contribution in [2.45, 2.75) is 57.0 Å². The summed E-state index contributed by atoms with van der Waals surface area (Å²) in [6, 6.07) is 0. The van der Waals surface area contributed by atoms with Gasteiger partial charge in [-0.3, -0.25) is 0 Å². The van der Waals surface area contributed by atoms with Crippen molar-refractivity contribution in [1.82, 2.24) is 0 Å². The Morgan fingerprint density at radius 1 is 1.15 bits per heavy atom. The summed E-state index contributed by atoms with van der Waals surface area (Å²) in [5, 5.41) is 29.5. The van der Waals surface area contributed by atoms with Gasteiger partial charge in [-0.25, -0.2) is 4.79 Å². The van der Waals surface area contributed by atoms with Gasteiger partial charge in [0.2, 0.25) is 0 Å². The number of hydrogen-bond acceptors (Lipinski definition) is 3. The van der Waals surface area contributed by atoms with Crippen LogP contribution in [0.4, 0.5) is 0 Å². The number of aliphatic hydroxyl groups is 2. The topological polar surface area (TPSA) is 77.8 Å². The van der Waals surface area contributed by atoms with E-state index in [1.807, 2.05) is 0 Å². The first-order valence-corrected chi connectivity index (χ1v) is 7.54. The van der Waals surface area contributed by atoms with Gasteiger partial charge in [0, 0.05) is 12.2 Å². The SMILES string of the molecule is C=C(CCC12CC3CC(O)(CC(CO)(C3)C1)C2)C(=O)O. The normalized spacial score (nSPS) is 45.6. The molecule has 112 valence electrons. The Hall–Kier alpha value is -0.870. The van der Waals surface area contributed by atoms with Crippen molar-refractivity contribution in [3.8, 4) is 0 Å². The van der Waals surface area contributed by atoms with E-state index in [1.165, 1.54) is 0 Å².